The van der Waals surface area contributed by atoms with Crippen LogP contribution >= 0.6 is 23.2 Å². The molecule has 3 atom stereocenters. The van der Waals surface area contributed by atoms with Crippen LogP contribution in [-0.2, 0) is 9.59 Å². The van der Waals surface area contributed by atoms with Gasteiger partial charge in [-0.1, -0.05) is 61.3 Å². The van der Waals surface area contributed by atoms with E-state index >= 15 is 0 Å². The number of amides is 2. The molecule has 2 aromatic rings. The van der Waals surface area contributed by atoms with Gasteiger partial charge in [-0.25, -0.2) is 0 Å². The maximum atomic E-state index is 13.2. The Morgan fingerprint density at radius 2 is 1.88 bits per heavy atom. The summed E-state index contributed by atoms with van der Waals surface area (Å²) in [5.41, 5.74) is 8.81. The summed E-state index contributed by atoms with van der Waals surface area (Å²) in [7, 11) is 0. The van der Waals surface area contributed by atoms with E-state index < -0.39 is 0 Å². The summed E-state index contributed by atoms with van der Waals surface area (Å²) in [6.07, 6.45) is 3.31. The smallest absolute Gasteiger partial charge is 0.267 e. The van der Waals surface area contributed by atoms with Gasteiger partial charge in [-0.3, -0.25) is 14.6 Å². The molecule has 0 bridgehead atoms. The molecular formula is C26H30Cl2N4O2. The molecule has 6 nitrogen and oxygen atoms in total. The molecular weight excluding hydrogens is 471 g/mol. The summed E-state index contributed by atoms with van der Waals surface area (Å²) < 4.78 is 0. The standard InChI is InChI=1S/C26H30Cl2N4O2/c1-15(2)17-4-6-18(7-5-17)24-14-22(31-32(24)23-10-8-19(27)13-21(23)28)26(34)30-20-9-3-16(11-20)12-25(29)33/h4-8,10,13,15-16,20,24H,3,9,11-12,14H2,1-2H3,(H2,29,33)(H,30,34). The fourth-order valence-electron chi connectivity index (χ4n) is 4.84. The maximum absolute atomic E-state index is 13.2. The first-order chi connectivity index (χ1) is 16.2. The molecule has 180 valence electrons. The number of anilines is 1. The van der Waals surface area contributed by atoms with Gasteiger partial charge in [-0.15, -0.1) is 0 Å². The third-order valence-corrected chi connectivity index (χ3v) is 7.22. The number of rotatable bonds is 7. The van der Waals surface area contributed by atoms with Gasteiger partial charge in [0.1, 0.15) is 5.71 Å². The van der Waals surface area contributed by atoms with Crippen LogP contribution in [0.1, 0.15) is 69.0 Å². The van der Waals surface area contributed by atoms with Crippen LogP contribution in [0.5, 0.6) is 0 Å². The van der Waals surface area contributed by atoms with Crippen molar-refractivity contribution in [2.24, 2.45) is 16.8 Å². The van der Waals surface area contributed by atoms with Crippen LogP contribution < -0.4 is 16.1 Å². The molecule has 1 aliphatic carbocycles. The van der Waals surface area contributed by atoms with E-state index in [0.717, 1.165) is 24.8 Å². The lowest BCUT2D eigenvalue weighted by Gasteiger charge is -2.25. The molecule has 4 rings (SSSR count). The highest BCUT2D eigenvalue weighted by Gasteiger charge is 2.35. The van der Waals surface area contributed by atoms with Gasteiger partial charge in [0.25, 0.3) is 5.91 Å². The van der Waals surface area contributed by atoms with Crippen molar-refractivity contribution in [2.75, 3.05) is 5.01 Å². The Labute approximate surface area is 210 Å². The third-order valence-electron chi connectivity index (χ3n) is 6.68. The van der Waals surface area contributed by atoms with Crippen molar-refractivity contribution in [1.82, 2.24) is 5.32 Å². The third kappa shape index (κ3) is 5.56. The number of carbonyl (C=O) groups is 2. The molecule has 3 N–H and O–H groups in total. The van der Waals surface area contributed by atoms with Gasteiger partial charge in [0.05, 0.1) is 16.8 Å². The van der Waals surface area contributed by atoms with Crippen molar-refractivity contribution in [3.63, 3.8) is 0 Å². The van der Waals surface area contributed by atoms with E-state index in [1.165, 1.54) is 5.56 Å². The number of nitrogens with zero attached hydrogens (tertiary/aromatic N) is 2. The summed E-state index contributed by atoms with van der Waals surface area (Å²) in [6.45, 7) is 4.32. The Hall–Kier alpha value is -2.57. The van der Waals surface area contributed by atoms with E-state index in [9.17, 15) is 9.59 Å². The van der Waals surface area contributed by atoms with Crippen molar-refractivity contribution in [3.05, 3.63) is 63.6 Å². The first kappa shape index (κ1) is 24.6. The largest absolute Gasteiger partial charge is 0.370 e. The molecule has 0 spiro atoms. The molecule has 0 saturated heterocycles. The first-order valence-corrected chi connectivity index (χ1v) is 12.5. The second-order valence-corrected chi connectivity index (χ2v) is 10.4. The zero-order chi connectivity index (χ0) is 24.4. The van der Waals surface area contributed by atoms with Crippen LogP contribution in [0.4, 0.5) is 5.69 Å². The van der Waals surface area contributed by atoms with Crippen LogP contribution in [0.15, 0.2) is 47.6 Å². The Morgan fingerprint density at radius 1 is 1.15 bits per heavy atom. The predicted molar refractivity (Wildman–Crippen MR) is 137 cm³/mol. The van der Waals surface area contributed by atoms with Crippen molar-refractivity contribution >= 4 is 46.4 Å². The molecule has 0 aromatic heterocycles. The highest BCUT2D eigenvalue weighted by atomic mass is 35.5. The fourth-order valence-corrected chi connectivity index (χ4v) is 5.34. The van der Waals surface area contributed by atoms with Gasteiger partial charge in [-0.05, 0) is 60.4 Å². The van der Waals surface area contributed by atoms with Crippen LogP contribution in [0.3, 0.4) is 0 Å². The van der Waals surface area contributed by atoms with E-state index in [4.69, 9.17) is 34.0 Å². The number of halogens is 2. The highest BCUT2D eigenvalue weighted by Crippen LogP contribution is 2.40. The molecule has 34 heavy (non-hydrogen) atoms. The highest BCUT2D eigenvalue weighted by molar-refractivity contribution is 6.40. The summed E-state index contributed by atoms with van der Waals surface area (Å²) >= 11 is 12.6. The molecule has 1 saturated carbocycles. The maximum Gasteiger partial charge on any atom is 0.267 e. The Balaban J connectivity index is 1.56. The lowest BCUT2D eigenvalue weighted by Crippen LogP contribution is -2.37. The van der Waals surface area contributed by atoms with Crippen molar-refractivity contribution in [1.29, 1.82) is 0 Å². The average molecular weight is 501 g/mol. The number of hydrogen-bond donors (Lipinski definition) is 2. The first-order valence-electron chi connectivity index (χ1n) is 11.7. The number of nitrogens with two attached hydrogens (primary N) is 1. The van der Waals surface area contributed by atoms with E-state index in [-0.39, 0.29) is 29.8 Å². The van der Waals surface area contributed by atoms with Crippen LogP contribution in [0, 0.1) is 5.92 Å². The number of hydrazone groups is 1. The van der Waals surface area contributed by atoms with Gasteiger partial charge in [0.2, 0.25) is 5.91 Å². The molecule has 2 aromatic carbocycles. The average Bonchev–Trinajstić information content (AvgIpc) is 3.40. The zero-order valence-electron chi connectivity index (χ0n) is 19.4. The van der Waals surface area contributed by atoms with Crippen LogP contribution in [0.2, 0.25) is 10.0 Å². The van der Waals surface area contributed by atoms with Crippen molar-refractivity contribution in [3.8, 4) is 0 Å². The Bertz CT molecular complexity index is 1100. The molecule has 3 unspecified atom stereocenters. The van der Waals surface area contributed by atoms with E-state index in [1.54, 1.807) is 12.1 Å². The van der Waals surface area contributed by atoms with Crippen LogP contribution in [0.25, 0.3) is 0 Å². The van der Waals surface area contributed by atoms with Gasteiger partial charge < -0.3 is 11.1 Å². The number of carbonyl (C=O) groups excluding carboxylic acids is 2. The summed E-state index contributed by atoms with van der Waals surface area (Å²) in [5.74, 6) is 0.187. The topological polar surface area (TPSA) is 87.8 Å². The second kappa shape index (κ2) is 10.4. The minimum Gasteiger partial charge on any atom is -0.370 e. The van der Waals surface area contributed by atoms with Crippen molar-refractivity contribution < 1.29 is 9.59 Å². The molecule has 1 aliphatic heterocycles. The van der Waals surface area contributed by atoms with Crippen molar-refractivity contribution in [2.45, 2.75) is 64.0 Å². The van der Waals surface area contributed by atoms with Crippen LogP contribution in [-0.4, -0.2) is 23.6 Å². The SMILES string of the molecule is CC(C)c1ccc(C2CC(C(=O)NC3CCC(CC(N)=O)C3)=NN2c2ccc(Cl)cc2Cl)cc1. The summed E-state index contributed by atoms with van der Waals surface area (Å²) in [4.78, 5) is 24.4. The minimum atomic E-state index is -0.293. The fraction of sp³-hybridized carbons (Fsp3) is 0.423. The number of hydrogen-bond acceptors (Lipinski definition) is 4. The van der Waals surface area contributed by atoms with Gasteiger partial charge >= 0.3 is 0 Å². The van der Waals surface area contributed by atoms with Gasteiger partial charge in [0.15, 0.2) is 0 Å². The Morgan fingerprint density at radius 3 is 2.53 bits per heavy atom. The van der Waals surface area contributed by atoms with Gasteiger partial charge in [-0.2, -0.15) is 5.10 Å². The summed E-state index contributed by atoms with van der Waals surface area (Å²) in [5, 5.41) is 10.7. The van der Waals surface area contributed by atoms with E-state index in [0.29, 0.717) is 40.2 Å². The monoisotopic (exact) mass is 500 g/mol. The van der Waals surface area contributed by atoms with E-state index in [1.807, 2.05) is 11.1 Å². The lowest BCUT2D eigenvalue weighted by atomic mass is 9.96. The molecule has 1 heterocycles. The number of primary amides is 1. The van der Waals surface area contributed by atoms with Gasteiger partial charge in [0, 0.05) is 23.9 Å². The zero-order valence-corrected chi connectivity index (χ0v) is 20.9. The molecule has 1 fully saturated rings. The normalized spacial score (nSPS) is 22.2. The molecule has 2 amide bonds. The summed E-state index contributed by atoms with van der Waals surface area (Å²) in [6, 6.07) is 13.6. The quantitative estimate of drug-likeness (QED) is 0.519. The second-order valence-electron chi connectivity index (χ2n) is 9.55. The Kier molecular flexibility index (Phi) is 7.48. The van der Waals surface area contributed by atoms with E-state index in [2.05, 4.69) is 43.4 Å². The number of benzene rings is 2. The predicted octanol–water partition coefficient (Wildman–Crippen LogP) is 5.58. The number of nitrogens with one attached hydrogen (secondary N) is 1. The lowest BCUT2D eigenvalue weighted by molar-refractivity contribution is -0.118. The minimum absolute atomic E-state index is 0.0245. The molecule has 0 radical (unpaired) electrons. The molecule has 2 aliphatic rings. The molecule has 8 heteroatoms.